The van der Waals surface area contributed by atoms with Gasteiger partial charge in [0.15, 0.2) is 5.76 Å². The lowest BCUT2D eigenvalue weighted by Gasteiger charge is -2.35. The average Bonchev–Trinajstić information content (AvgIpc) is 3.23. The fraction of sp³-hybridized carbons (Fsp3) is 0.316. The van der Waals surface area contributed by atoms with Gasteiger partial charge in [-0.05, 0) is 38.5 Å². The summed E-state index contributed by atoms with van der Waals surface area (Å²) in [4.78, 5) is 26.6. The molecule has 2 aromatic heterocycles. The number of amides is 1. The zero-order valence-corrected chi connectivity index (χ0v) is 15.0. The number of rotatable bonds is 5. The largest absolute Gasteiger partial charge is 0.459 e. The molecule has 0 radical (unpaired) electrons. The molecule has 136 valence electrons. The summed E-state index contributed by atoms with van der Waals surface area (Å²) in [7, 11) is 0. The zero-order chi connectivity index (χ0) is 18.7. The molecule has 3 rings (SSSR count). The molecule has 7 heteroatoms. The van der Waals surface area contributed by atoms with Gasteiger partial charge in [-0.1, -0.05) is 30.3 Å². The van der Waals surface area contributed by atoms with Crippen LogP contribution < -0.4 is 5.76 Å². The summed E-state index contributed by atoms with van der Waals surface area (Å²) in [6.07, 6.45) is 1.46. The minimum Gasteiger partial charge on any atom is -0.459 e. The van der Waals surface area contributed by atoms with Crippen LogP contribution in [0.1, 0.15) is 26.3 Å². The summed E-state index contributed by atoms with van der Waals surface area (Å²) in [6.45, 7) is 6.10. The molecular formula is C19H21N3O4. The highest BCUT2D eigenvalue weighted by atomic mass is 16.4. The molecule has 0 bridgehead atoms. The molecule has 0 saturated carbocycles. The van der Waals surface area contributed by atoms with Crippen LogP contribution in [0, 0.1) is 0 Å². The number of aromatic nitrogens is 2. The average molecular weight is 355 g/mol. The quantitative estimate of drug-likeness (QED) is 0.703. The topological polar surface area (TPSA) is 81.5 Å². The number of benzene rings is 1. The predicted molar refractivity (Wildman–Crippen MR) is 95.2 cm³/mol. The summed E-state index contributed by atoms with van der Waals surface area (Å²) in [5.41, 5.74) is 0.601. The molecule has 0 saturated heterocycles. The Labute approximate surface area is 150 Å². The van der Waals surface area contributed by atoms with Gasteiger partial charge in [-0.2, -0.15) is 4.68 Å². The third-order valence-electron chi connectivity index (χ3n) is 3.92. The van der Waals surface area contributed by atoms with Crippen LogP contribution >= 0.6 is 0 Å². The summed E-state index contributed by atoms with van der Waals surface area (Å²) in [5.74, 6) is -0.524. The molecule has 0 aliphatic heterocycles. The van der Waals surface area contributed by atoms with E-state index in [4.69, 9.17) is 8.83 Å². The molecule has 2 heterocycles. The van der Waals surface area contributed by atoms with Crippen molar-refractivity contribution in [2.75, 3.05) is 0 Å². The van der Waals surface area contributed by atoms with E-state index in [1.165, 1.54) is 6.26 Å². The summed E-state index contributed by atoms with van der Waals surface area (Å²) in [6, 6.07) is 13.0. The first-order valence-electron chi connectivity index (χ1n) is 8.31. The fourth-order valence-corrected chi connectivity index (χ4v) is 2.58. The van der Waals surface area contributed by atoms with Gasteiger partial charge in [0.25, 0.3) is 5.89 Å². The molecule has 0 fully saturated rings. The Morgan fingerprint density at radius 2 is 1.88 bits per heavy atom. The van der Waals surface area contributed by atoms with Gasteiger partial charge in [-0.25, -0.2) is 4.79 Å². The van der Waals surface area contributed by atoms with Crippen molar-refractivity contribution in [1.82, 2.24) is 14.7 Å². The van der Waals surface area contributed by atoms with E-state index in [1.54, 1.807) is 17.0 Å². The van der Waals surface area contributed by atoms with Gasteiger partial charge < -0.3 is 13.7 Å². The van der Waals surface area contributed by atoms with Crippen LogP contribution in [-0.2, 0) is 17.9 Å². The molecule has 0 aliphatic carbocycles. The second-order valence-electron chi connectivity index (χ2n) is 6.94. The van der Waals surface area contributed by atoms with Gasteiger partial charge in [-0.3, -0.25) is 4.79 Å². The van der Waals surface area contributed by atoms with Gasteiger partial charge in [-0.15, -0.1) is 5.10 Å². The van der Waals surface area contributed by atoms with Gasteiger partial charge in [0, 0.05) is 12.1 Å². The number of furan rings is 1. The maximum Gasteiger partial charge on any atom is 0.437 e. The first-order chi connectivity index (χ1) is 12.3. The first-order valence-corrected chi connectivity index (χ1v) is 8.31. The van der Waals surface area contributed by atoms with Crippen molar-refractivity contribution < 1.29 is 13.6 Å². The summed E-state index contributed by atoms with van der Waals surface area (Å²) in [5, 5.41) is 4.06. The summed E-state index contributed by atoms with van der Waals surface area (Å²) < 4.78 is 11.3. The standard InChI is InChI=1S/C19H21N3O4/c1-19(2,3)21(12-14-8-5-4-6-9-14)16(23)13-22-18(24)26-17(20-22)15-10-7-11-25-15/h4-11H,12-13H2,1-3H3. The van der Waals surface area contributed by atoms with Gasteiger partial charge in [0.05, 0.1) is 6.26 Å². The lowest BCUT2D eigenvalue weighted by Crippen LogP contribution is -2.47. The Bertz CT molecular complexity index is 918. The number of hydrogen-bond acceptors (Lipinski definition) is 5. The van der Waals surface area contributed by atoms with E-state index in [1.807, 2.05) is 51.1 Å². The van der Waals surface area contributed by atoms with Crippen molar-refractivity contribution >= 4 is 5.91 Å². The summed E-state index contributed by atoms with van der Waals surface area (Å²) >= 11 is 0. The molecule has 0 atom stereocenters. The minimum atomic E-state index is -0.696. The Kier molecular flexibility index (Phi) is 4.79. The third kappa shape index (κ3) is 3.93. The van der Waals surface area contributed by atoms with E-state index >= 15 is 0 Å². The second-order valence-corrected chi connectivity index (χ2v) is 6.94. The third-order valence-corrected chi connectivity index (χ3v) is 3.92. The van der Waals surface area contributed by atoms with Crippen molar-refractivity contribution in [2.24, 2.45) is 0 Å². The Hall–Kier alpha value is -3.09. The molecule has 0 aliphatic rings. The molecule has 7 nitrogen and oxygen atoms in total. The highest BCUT2D eigenvalue weighted by molar-refractivity contribution is 5.76. The number of hydrogen-bond donors (Lipinski definition) is 0. The maximum atomic E-state index is 12.9. The maximum absolute atomic E-state index is 12.9. The van der Waals surface area contributed by atoms with E-state index in [-0.39, 0.29) is 18.3 Å². The molecule has 0 N–H and O–H groups in total. The van der Waals surface area contributed by atoms with E-state index < -0.39 is 11.3 Å². The first kappa shape index (κ1) is 17.7. The van der Waals surface area contributed by atoms with E-state index in [0.717, 1.165) is 10.2 Å². The monoisotopic (exact) mass is 355 g/mol. The van der Waals surface area contributed by atoms with Gasteiger partial charge in [0.1, 0.15) is 6.54 Å². The van der Waals surface area contributed by atoms with Crippen molar-refractivity contribution in [3.63, 3.8) is 0 Å². The van der Waals surface area contributed by atoms with Crippen LogP contribution in [0.15, 0.2) is 62.4 Å². The van der Waals surface area contributed by atoms with E-state index in [0.29, 0.717) is 12.3 Å². The second kappa shape index (κ2) is 7.03. The smallest absolute Gasteiger partial charge is 0.437 e. The van der Waals surface area contributed by atoms with E-state index in [2.05, 4.69) is 5.10 Å². The van der Waals surface area contributed by atoms with Crippen molar-refractivity contribution in [3.8, 4) is 11.7 Å². The van der Waals surface area contributed by atoms with Crippen LogP contribution in [0.4, 0.5) is 0 Å². The minimum absolute atomic E-state index is 0.0539. The Balaban J connectivity index is 1.81. The Morgan fingerprint density at radius 1 is 1.15 bits per heavy atom. The molecule has 26 heavy (non-hydrogen) atoms. The van der Waals surface area contributed by atoms with Crippen LogP contribution in [-0.4, -0.2) is 26.1 Å². The van der Waals surface area contributed by atoms with Crippen molar-refractivity contribution in [3.05, 3.63) is 64.8 Å². The van der Waals surface area contributed by atoms with Crippen LogP contribution in [0.3, 0.4) is 0 Å². The van der Waals surface area contributed by atoms with Gasteiger partial charge in [0.2, 0.25) is 5.91 Å². The molecule has 0 unspecified atom stereocenters. The van der Waals surface area contributed by atoms with Crippen molar-refractivity contribution in [1.29, 1.82) is 0 Å². The Morgan fingerprint density at radius 3 is 2.50 bits per heavy atom. The highest BCUT2D eigenvalue weighted by Gasteiger charge is 2.28. The fourth-order valence-electron chi connectivity index (χ4n) is 2.58. The number of carbonyl (C=O) groups is 1. The normalized spacial score (nSPS) is 11.5. The number of nitrogens with zero attached hydrogens (tertiary/aromatic N) is 3. The lowest BCUT2D eigenvalue weighted by atomic mass is 10.0. The van der Waals surface area contributed by atoms with E-state index in [9.17, 15) is 9.59 Å². The van der Waals surface area contributed by atoms with Gasteiger partial charge >= 0.3 is 5.76 Å². The molecular weight excluding hydrogens is 334 g/mol. The molecule has 1 aromatic carbocycles. The molecule has 1 amide bonds. The lowest BCUT2D eigenvalue weighted by molar-refractivity contribution is -0.137. The SMILES string of the molecule is CC(C)(C)N(Cc1ccccc1)C(=O)Cn1nc(-c2ccco2)oc1=O. The molecule has 0 spiro atoms. The van der Waals surface area contributed by atoms with Crippen molar-refractivity contribution in [2.45, 2.75) is 39.4 Å². The van der Waals surface area contributed by atoms with Crippen LogP contribution in [0.25, 0.3) is 11.7 Å². The zero-order valence-electron chi connectivity index (χ0n) is 15.0. The highest BCUT2D eigenvalue weighted by Crippen LogP contribution is 2.19. The van der Waals surface area contributed by atoms with Crippen LogP contribution in [0.2, 0.25) is 0 Å². The van der Waals surface area contributed by atoms with Crippen LogP contribution in [0.5, 0.6) is 0 Å². The predicted octanol–water partition coefficient (Wildman–Crippen LogP) is 2.92. The molecule has 3 aromatic rings. The number of carbonyl (C=O) groups excluding carboxylic acids is 1.